The zero-order valence-corrected chi connectivity index (χ0v) is 16.7. The summed E-state index contributed by atoms with van der Waals surface area (Å²) in [6.07, 6.45) is 1.48. The number of benzene rings is 1. The quantitative estimate of drug-likeness (QED) is 0.811. The fourth-order valence-electron chi connectivity index (χ4n) is 3.16. The molecule has 0 N–H and O–H groups in total. The highest BCUT2D eigenvalue weighted by Crippen LogP contribution is 2.24. The van der Waals surface area contributed by atoms with E-state index in [1.54, 1.807) is 4.90 Å². The first kappa shape index (κ1) is 20.3. The van der Waals surface area contributed by atoms with Gasteiger partial charge in [0.2, 0.25) is 11.8 Å². The topological polar surface area (TPSA) is 49.9 Å². The van der Waals surface area contributed by atoms with Gasteiger partial charge in [-0.1, -0.05) is 38.5 Å². The van der Waals surface area contributed by atoms with Gasteiger partial charge >= 0.3 is 0 Å². The average molecular weight is 360 g/mol. The molecule has 0 spiro atoms. The summed E-state index contributed by atoms with van der Waals surface area (Å²) >= 11 is 0. The maximum Gasteiger partial charge on any atom is 0.227 e. The van der Waals surface area contributed by atoms with E-state index in [2.05, 4.69) is 0 Å². The summed E-state index contributed by atoms with van der Waals surface area (Å²) in [7, 11) is 1.83. The van der Waals surface area contributed by atoms with Gasteiger partial charge in [0.25, 0.3) is 0 Å². The molecular weight excluding hydrogens is 328 g/mol. The van der Waals surface area contributed by atoms with Crippen LogP contribution < -0.4 is 4.74 Å². The van der Waals surface area contributed by atoms with Crippen LogP contribution in [-0.4, -0.2) is 54.9 Å². The van der Waals surface area contributed by atoms with E-state index in [-0.39, 0.29) is 23.1 Å². The first-order chi connectivity index (χ1) is 12.2. The largest absolute Gasteiger partial charge is 0.492 e. The van der Waals surface area contributed by atoms with E-state index >= 15 is 0 Å². The fraction of sp³-hybridized carbons (Fsp3) is 0.619. The molecular formula is C21H32N2O3. The first-order valence-corrected chi connectivity index (χ1v) is 9.42. The molecule has 0 aromatic heterocycles. The van der Waals surface area contributed by atoms with Crippen LogP contribution >= 0.6 is 0 Å². The summed E-state index contributed by atoms with van der Waals surface area (Å²) in [5, 5.41) is 0. The van der Waals surface area contributed by atoms with Crippen LogP contribution in [0.3, 0.4) is 0 Å². The number of likely N-dealkylation sites (N-methyl/N-ethyl adjacent to an activating group) is 1. The minimum absolute atomic E-state index is 0.00314. The van der Waals surface area contributed by atoms with Crippen LogP contribution in [-0.2, 0) is 9.59 Å². The van der Waals surface area contributed by atoms with E-state index in [9.17, 15) is 9.59 Å². The lowest BCUT2D eigenvalue weighted by molar-refractivity contribution is -0.144. The normalized spacial score (nSPS) is 15.7. The number of amides is 2. The summed E-state index contributed by atoms with van der Waals surface area (Å²) in [6.45, 7) is 10.2. The Balaban J connectivity index is 1.75. The molecule has 1 aliphatic heterocycles. The van der Waals surface area contributed by atoms with E-state index < -0.39 is 0 Å². The Labute approximate surface area is 157 Å². The number of hydrogen-bond acceptors (Lipinski definition) is 3. The maximum absolute atomic E-state index is 12.6. The SMILES string of the molecule is Cc1ccc(OCCN(C)C(=O)C2CCN(C(=O)C(C)(C)C)CC2)cc1. The van der Waals surface area contributed by atoms with E-state index in [1.165, 1.54) is 5.56 Å². The van der Waals surface area contributed by atoms with E-state index in [0.29, 0.717) is 26.2 Å². The van der Waals surface area contributed by atoms with Crippen LogP contribution in [0.1, 0.15) is 39.2 Å². The molecule has 1 aromatic carbocycles. The average Bonchev–Trinajstić information content (AvgIpc) is 2.61. The molecule has 0 bridgehead atoms. The lowest BCUT2D eigenvalue weighted by Crippen LogP contribution is -2.47. The molecule has 1 aliphatic rings. The van der Waals surface area contributed by atoms with Crippen molar-refractivity contribution in [2.75, 3.05) is 33.3 Å². The Morgan fingerprint density at radius 1 is 1.15 bits per heavy atom. The Bertz CT molecular complexity index is 611. The summed E-state index contributed by atoms with van der Waals surface area (Å²) < 4.78 is 5.71. The van der Waals surface area contributed by atoms with Crippen molar-refractivity contribution >= 4 is 11.8 Å². The Hall–Kier alpha value is -2.04. The number of nitrogens with zero attached hydrogens (tertiary/aromatic N) is 2. The number of ether oxygens (including phenoxy) is 1. The van der Waals surface area contributed by atoms with E-state index in [0.717, 1.165) is 18.6 Å². The molecule has 5 heteroatoms. The van der Waals surface area contributed by atoms with Crippen molar-refractivity contribution in [3.05, 3.63) is 29.8 Å². The van der Waals surface area contributed by atoms with Gasteiger partial charge in [-0.05, 0) is 31.9 Å². The number of carbonyl (C=O) groups is 2. The number of carbonyl (C=O) groups excluding carboxylic acids is 2. The molecule has 0 aliphatic carbocycles. The number of hydrogen-bond donors (Lipinski definition) is 0. The standard InChI is InChI=1S/C21H32N2O3/c1-16-6-8-18(9-7-16)26-15-14-22(5)19(24)17-10-12-23(13-11-17)20(25)21(2,3)4/h6-9,17H,10-15H2,1-5H3. The smallest absolute Gasteiger partial charge is 0.227 e. The van der Waals surface area contributed by atoms with Crippen molar-refractivity contribution in [3.63, 3.8) is 0 Å². The van der Waals surface area contributed by atoms with Gasteiger partial charge in [-0.2, -0.15) is 0 Å². The van der Waals surface area contributed by atoms with Gasteiger partial charge in [-0.3, -0.25) is 9.59 Å². The summed E-state index contributed by atoms with van der Waals surface area (Å²) in [5.74, 6) is 1.15. The van der Waals surface area contributed by atoms with Crippen LogP contribution in [0, 0.1) is 18.3 Å². The Morgan fingerprint density at radius 3 is 2.27 bits per heavy atom. The van der Waals surface area contributed by atoms with E-state index in [1.807, 2.05) is 63.9 Å². The molecule has 1 heterocycles. The first-order valence-electron chi connectivity index (χ1n) is 9.42. The third-order valence-corrected chi connectivity index (χ3v) is 4.87. The van der Waals surface area contributed by atoms with Gasteiger partial charge in [0, 0.05) is 31.5 Å². The molecule has 0 unspecified atom stereocenters. The maximum atomic E-state index is 12.6. The van der Waals surface area contributed by atoms with Crippen molar-refractivity contribution in [2.45, 2.75) is 40.5 Å². The van der Waals surface area contributed by atoms with Crippen LogP contribution in [0.2, 0.25) is 0 Å². The second kappa shape index (κ2) is 8.56. The van der Waals surface area contributed by atoms with Gasteiger partial charge in [-0.15, -0.1) is 0 Å². The summed E-state index contributed by atoms with van der Waals surface area (Å²) in [4.78, 5) is 28.6. The lowest BCUT2D eigenvalue weighted by Gasteiger charge is -2.36. The van der Waals surface area contributed by atoms with Crippen molar-refractivity contribution < 1.29 is 14.3 Å². The molecule has 144 valence electrons. The third-order valence-electron chi connectivity index (χ3n) is 4.87. The molecule has 1 fully saturated rings. The summed E-state index contributed by atoms with van der Waals surface area (Å²) in [5.41, 5.74) is 0.835. The predicted molar refractivity (Wildman–Crippen MR) is 103 cm³/mol. The molecule has 1 saturated heterocycles. The second-order valence-corrected chi connectivity index (χ2v) is 8.24. The molecule has 2 amide bonds. The van der Waals surface area contributed by atoms with Crippen molar-refractivity contribution in [3.8, 4) is 5.75 Å². The fourth-order valence-corrected chi connectivity index (χ4v) is 3.16. The molecule has 26 heavy (non-hydrogen) atoms. The van der Waals surface area contributed by atoms with Crippen LogP contribution in [0.5, 0.6) is 5.75 Å². The van der Waals surface area contributed by atoms with Gasteiger partial charge in [0.15, 0.2) is 0 Å². The number of likely N-dealkylation sites (tertiary alicyclic amines) is 1. The predicted octanol–water partition coefficient (Wildman–Crippen LogP) is 3.12. The zero-order valence-electron chi connectivity index (χ0n) is 16.7. The highest BCUT2D eigenvalue weighted by Gasteiger charge is 2.33. The molecule has 2 rings (SSSR count). The molecule has 0 atom stereocenters. The molecule has 0 radical (unpaired) electrons. The molecule has 5 nitrogen and oxygen atoms in total. The van der Waals surface area contributed by atoms with Crippen molar-refractivity contribution in [1.29, 1.82) is 0 Å². The van der Waals surface area contributed by atoms with Gasteiger partial charge in [0.05, 0.1) is 6.54 Å². The van der Waals surface area contributed by atoms with Crippen LogP contribution in [0.15, 0.2) is 24.3 Å². The van der Waals surface area contributed by atoms with Gasteiger partial charge in [0.1, 0.15) is 12.4 Å². The van der Waals surface area contributed by atoms with Crippen molar-refractivity contribution in [2.24, 2.45) is 11.3 Å². The Kier molecular flexibility index (Phi) is 6.68. The van der Waals surface area contributed by atoms with E-state index in [4.69, 9.17) is 4.74 Å². The minimum Gasteiger partial charge on any atom is -0.492 e. The highest BCUT2D eigenvalue weighted by molar-refractivity contribution is 5.82. The third kappa shape index (κ3) is 5.48. The lowest BCUT2D eigenvalue weighted by atomic mass is 9.90. The van der Waals surface area contributed by atoms with Crippen molar-refractivity contribution in [1.82, 2.24) is 9.80 Å². The summed E-state index contributed by atoms with van der Waals surface area (Å²) in [6, 6.07) is 7.91. The number of aryl methyl sites for hydroxylation is 1. The monoisotopic (exact) mass is 360 g/mol. The van der Waals surface area contributed by atoms with Gasteiger partial charge in [-0.25, -0.2) is 0 Å². The zero-order chi connectivity index (χ0) is 19.3. The molecule has 0 saturated carbocycles. The number of rotatable bonds is 5. The Morgan fingerprint density at radius 2 is 1.73 bits per heavy atom. The molecule has 1 aromatic rings. The number of piperidine rings is 1. The van der Waals surface area contributed by atoms with Gasteiger partial charge < -0.3 is 14.5 Å². The van der Waals surface area contributed by atoms with Crippen LogP contribution in [0.4, 0.5) is 0 Å². The minimum atomic E-state index is -0.360. The highest BCUT2D eigenvalue weighted by atomic mass is 16.5. The second-order valence-electron chi connectivity index (χ2n) is 8.24. The van der Waals surface area contributed by atoms with Crippen LogP contribution in [0.25, 0.3) is 0 Å².